The first kappa shape index (κ1) is 15.5. The highest BCUT2D eigenvalue weighted by molar-refractivity contribution is 6.20. The standard InChI is InChI=1S/C16H24ClNO2/c1-19-15-5-7-16(8-6-15)20-10-9-18-12-13-3-2-4-14(17)11-13/h5-8,13-14,18H,2-4,9-12H2,1H3. The topological polar surface area (TPSA) is 30.5 Å². The molecule has 0 radical (unpaired) electrons. The Morgan fingerprint density at radius 1 is 1.20 bits per heavy atom. The molecule has 1 aliphatic rings. The first-order valence-corrected chi connectivity index (χ1v) is 7.83. The van der Waals surface area contributed by atoms with Crippen molar-refractivity contribution < 1.29 is 9.47 Å². The molecule has 1 aliphatic carbocycles. The van der Waals surface area contributed by atoms with E-state index < -0.39 is 0 Å². The summed E-state index contributed by atoms with van der Waals surface area (Å²) in [6.07, 6.45) is 4.89. The van der Waals surface area contributed by atoms with Crippen LogP contribution in [0.1, 0.15) is 25.7 Å². The molecule has 2 rings (SSSR count). The van der Waals surface area contributed by atoms with Crippen LogP contribution in [-0.2, 0) is 0 Å². The second-order valence-electron chi connectivity index (χ2n) is 5.36. The van der Waals surface area contributed by atoms with E-state index in [1.807, 2.05) is 24.3 Å². The van der Waals surface area contributed by atoms with Gasteiger partial charge >= 0.3 is 0 Å². The number of hydrogen-bond acceptors (Lipinski definition) is 3. The van der Waals surface area contributed by atoms with Gasteiger partial charge in [0.25, 0.3) is 0 Å². The number of rotatable bonds is 7. The first-order chi connectivity index (χ1) is 9.78. The lowest BCUT2D eigenvalue weighted by Gasteiger charge is -2.25. The maximum absolute atomic E-state index is 6.19. The second-order valence-corrected chi connectivity index (χ2v) is 5.98. The molecule has 1 aromatic rings. The molecule has 0 heterocycles. The number of halogens is 1. The Balaban J connectivity index is 1.56. The van der Waals surface area contributed by atoms with Gasteiger partial charge in [-0.25, -0.2) is 0 Å². The fourth-order valence-corrected chi connectivity index (χ4v) is 3.04. The largest absolute Gasteiger partial charge is 0.497 e. The van der Waals surface area contributed by atoms with Gasteiger partial charge in [-0.15, -0.1) is 11.6 Å². The average molecular weight is 298 g/mol. The van der Waals surface area contributed by atoms with Gasteiger partial charge in [-0.1, -0.05) is 6.42 Å². The number of benzene rings is 1. The average Bonchev–Trinajstić information content (AvgIpc) is 2.48. The highest BCUT2D eigenvalue weighted by atomic mass is 35.5. The molecule has 3 nitrogen and oxygen atoms in total. The summed E-state index contributed by atoms with van der Waals surface area (Å²) in [4.78, 5) is 0. The molecular formula is C16H24ClNO2. The minimum atomic E-state index is 0.381. The lowest BCUT2D eigenvalue weighted by molar-refractivity contribution is 0.295. The molecule has 2 unspecified atom stereocenters. The highest BCUT2D eigenvalue weighted by Crippen LogP contribution is 2.27. The van der Waals surface area contributed by atoms with Crippen LogP contribution in [0.2, 0.25) is 0 Å². The van der Waals surface area contributed by atoms with Crippen molar-refractivity contribution in [3.05, 3.63) is 24.3 Å². The van der Waals surface area contributed by atoms with Crippen LogP contribution in [0.25, 0.3) is 0 Å². The van der Waals surface area contributed by atoms with Crippen LogP contribution in [0.5, 0.6) is 11.5 Å². The van der Waals surface area contributed by atoms with Crippen molar-refractivity contribution in [1.29, 1.82) is 0 Å². The van der Waals surface area contributed by atoms with Crippen molar-refractivity contribution in [3.8, 4) is 11.5 Å². The lowest BCUT2D eigenvalue weighted by Crippen LogP contribution is -2.30. The molecule has 2 atom stereocenters. The smallest absolute Gasteiger partial charge is 0.119 e. The van der Waals surface area contributed by atoms with Gasteiger partial charge in [0, 0.05) is 11.9 Å². The second kappa shape index (κ2) is 8.38. The molecule has 1 aromatic carbocycles. The van der Waals surface area contributed by atoms with Crippen LogP contribution in [-0.4, -0.2) is 32.2 Å². The minimum Gasteiger partial charge on any atom is -0.497 e. The van der Waals surface area contributed by atoms with Crippen LogP contribution in [0.15, 0.2) is 24.3 Å². The summed E-state index contributed by atoms with van der Waals surface area (Å²) in [6.45, 7) is 2.61. The predicted molar refractivity (Wildman–Crippen MR) is 83.0 cm³/mol. The third-order valence-electron chi connectivity index (χ3n) is 3.76. The van der Waals surface area contributed by atoms with Crippen LogP contribution < -0.4 is 14.8 Å². The van der Waals surface area contributed by atoms with E-state index in [0.717, 1.165) is 36.9 Å². The van der Waals surface area contributed by atoms with Gasteiger partial charge in [0.05, 0.1) is 7.11 Å². The third kappa shape index (κ3) is 5.22. The Hall–Kier alpha value is -0.930. The lowest BCUT2D eigenvalue weighted by atomic mass is 9.89. The maximum atomic E-state index is 6.19. The molecular weight excluding hydrogens is 274 g/mol. The highest BCUT2D eigenvalue weighted by Gasteiger charge is 2.19. The van der Waals surface area contributed by atoms with Crippen molar-refractivity contribution in [2.45, 2.75) is 31.1 Å². The molecule has 0 bridgehead atoms. The number of nitrogens with one attached hydrogen (secondary N) is 1. The minimum absolute atomic E-state index is 0.381. The molecule has 0 amide bonds. The van der Waals surface area contributed by atoms with Gasteiger partial charge in [0.15, 0.2) is 0 Å². The van der Waals surface area contributed by atoms with Crippen molar-refractivity contribution >= 4 is 11.6 Å². The normalized spacial score (nSPS) is 22.5. The van der Waals surface area contributed by atoms with Gasteiger partial charge in [-0.2, -0.15) is 0 Å². The summed E-state index contributed by atoms with van der Waals surface area (Å²) in [5, 5.41) is 3.84. The monoisotopic (exact) mass is 297 g/mol. The van der Waals surface area contributed by atoms with Crippen molar-refractivity contribution in [2.24, 2.45) is 5.92 Å². The molecule has 0 aliphatic heterocycles. The summed E-state index contributed by atoms with van der Waals surface area (Å²) in [6, 6.07) is 7.67. The van der Waals surface area contributed by atoms with E-state index in [1.54, 1.807) is 7.11 Å². The van der Waals surface area contributed by atoms with E-state index in [1.165, 1.54) is 19.3 Å². The Bertz CT molecular complexity index is 383. The predicted octanol–water partition coefficient (Wildman–Crippen LogP) is 3.46. The Labute approximate surface area is 126 Å². The molecule has 0 aromatic heterocycles. The fraction of sp³-hybridized carbons (Fsp3) is 0.625. The Morgan fingerprint density at radius 3 is 2.65 bits per heavy atom. The zero-order valence-corrected chi connectivity index (χ0v) is 12.9. The molecule has 112 valence electrons. The number of alkyl halides is 1. The molecule has 0 spiro atoms. The van der Waals surface area contributed by atoms with E-state index in [2.05, 4.69) is 5.32 Å². The third-order valence-corrected chi connectivity index (χ3v) is 4.16. The van der Waals surface area contributed by atoms with E-state index >= 15 is 0 Å². The number of methoxy groups -OCH3 is 1. The van der Waals surface area contributed by atoms with E-state index in [4.69, 9.17) is 21.1 Å². The van der Waals surface area contributed by atoms with Gasteiger partial charge in [-0.3, -0.25) is 0 Å². The van der Waals surface area contributed by atoms with Crippen molar-refractivity contribution in [2.75, 3.05) is 26.8 Å². The molecule has 1 N–H and O–H groups in total. The summed E-state index contributed by atoms with van der Waals surface area (Å²) < 4.78 is 10.8. The summed E-state index contributed by atoms with van der Waals surface area (Å²) in [5.41, 5.74) is 0. The van der Waals surface area contributed by atoms with Gasteiger partial charge in [0.1, 0.15) is 18.1 Å². The zero-order valence-electron chi connectivity index (χ0n) is 12.1. The van der Waals surface area contributed by atoms with E-state index in [-0.39, 0.29) is 0 Å². The van der Waals surface area contributed by atoms with Crippen molar-refractivity contribution in [3.63, 3.8) is 0 Å². The number of ether oxygens (including phenoxy) is 2. The SMILES string of the molecule is COc1ccc(OCCNCC2CCCC(Cl)C2)cc1. The van der Waals surface area contributed by atoms with Crippen LogP contribution in [0, 0.1) is 5.92 Å². The molecule has 4 heteroatoms. The molecule has 20 heavy (non-hydrogen) atoms. The Morgan fingerprint density at radius 2 is 1.95 bits per heavy atom. The summed E-state index contributed by atoms with van der Waals surface area (Å²) in [7, 11) is 1.66. The molecule has 1 saturated carbocycles. The van der Waals surface area contributed by atoms with Crippen molar-refractivity contribution in [1.82, 2.24) is 5.32 Å². The van der Waals surface area contributed by atoms with Gasteiger partial charge in [0.2, 0.25) is 0 Å². The van der Waals surface area contributed by atoms with E-state index in [0.29, 0.717) is 12.0 Å². The fourth-order valence-electron chi connectivity index (χ4n) is 2.63. The van der Waals surface area contributed by atoms with E-state index in [9.17, 15) is 0 Å². The quantitative estimate of drug-likeness (QED) is 0.617. The molecule has 0 saturated heterocycles. The summed E-state index contributed by atoms with van der Waals surface area (Å²) >= 11 is 6.19. The first-order valence-electron chi connectivity index (χ1n) is 7.39. The maximum Gasteiger partial charge on any atom is 0.119 e. The van der Waals surface area contributed by atoms with Crippen LogP contribution in [0.4, 0.5) is 0 Å². The number of hydrogen-bond donors (Lipinski definition) is 1. The molecule has 1 fully saturated rings. The van der Waals surface area contributed by atoms with Crippen LogP contribution in [0.3, 0.4) is 0 Å². The van der Waals surface area contributed by atoms with Gasteiger partial charge in [-0.05, 0) is 56.0 Å². The van der Waals surface area contributed by atoms with Crippen LogP contribution >= 0.6 is 11.6 Å². The summed E-state index contributed by atoms with van der Waals surface area (Å²) in [5.74, 6) is 2.46. The Kier molecular flexibility index (Phi) is 6.48. The zero-order chi connectivity index (χ0) is 14.2. The van der Waals surface area contributed by atoms with Gasteiger partial charge < -0.3 is 14.8 Å².